The average molecular weight is 475 g/mol. The first-order valence-electron chi connectivity index (χ1n) is 13.7. The van der Waals surface area contributed by atoms with E-state index >= 15 is 0 Å². The predicted octanol–water partition coefficient (Wildman–Crippen LogP) is 7.25. The van der Waals surface area contributed by atoms with Crippen molar-refractivity contribution in [1.82, 2.24) is 5.32 Å². The molecule has 0 aromatic rings. The number of hydrogen-bond donors (Lipinski definition) is 1. The van der Waals surface area contributed by atoms with E-state index in [1.807, 2.05) is 0 Å². The molecule has 0 aliphatic rings. The minimum Gasteiger partial charge on any atom is -0.748 e. The first-order valence-corrected chi connectivity index (χ1v) is 15.2. The van der Waals surface area contributed by atoms with Crippen LogP contribution in [0, 0.1) is 0 Å². The fourth-order valence-corrected chi connectivity index (χ4v) is 4.47. The Morgan fingerprint density at radius 3 is 1.22 bits per heavy atom. The largest absolute Gasteiger partial charge is 0.748 e. The van der Waals surface area contributed by atoms with Gasteiger partial charge in [0.15, 0.2) is 0 Å². The first-order chi connectivity index (χ1) is 15.5. The molecule has 0 unspecified atom stereocenters. The number of rotatable bonds is 25. The summed E-state index contributed by atoms with van der Waals surface area (Å²) in [6, 6.07) is 0. The Morgan fingerprint density at radius 2 is 0.906 bits per heavy atom. The zero-order valence-electron chi connectivity index (χ0n) is 21.0. The molecule has 0 aliphatic carbocycles. The van der Waals surface area contributed by atoms with Gasteiger partial charge in [-0.25, -0.2) is 8.42 Å². The van der Waals surface area contributed by atoms with E-state index in [4.69, 9.17) is 0 Å². The van der Waals surface area contributed by atoms with E-state index in [2.05, 4.69) is 12.2 Å². The van der Waals surface area contributed by atoms with E-state index in [1.54, 1.807) is 0 Å². The van der Waals surface area contributed by atoms with Crippen LogP contribution < -0.4 is 5.32 Å². The van der Waals surface area contributed by atoms with Gasteiger partial charge in [-0.2, -0.15) is 0 Å². The Kier molecular flexibility index (Phi) is 23.1. The van der Waals surface area contributed by atoms with Gasteiger partial charge in [0.1, 0.15) is 0 Å². The molecule has 0 aliphatic heterocycles. The molecule has 0 rings (SSSR count). The standard InChI is InChI=1S/C26H53NO4S/c1-2-3-4-5-6-7-8-9-10-11-12-13-14-15-16-17-18-19-20-21-22-23-26(28)27-24-25-32(29,30)31/h2-25H2,1H3,(H,27,28)(H,29,30,31)/p-1. The van der Waals surface area contributed by atoms with Crippen LogP contribution in [0.25, 0.3) is 0 Å². The van der Waals surface area contributed by atoms with Crippen LogP contribution in [0.3, 0.4) is 0 Å². The highest BCUT2D eigenvalue weighted by Crippen LogP contribution is 2.15. The Balaban J connectivity index is 3.14. The van der Waals surface area contributed by atoms with Gasteiger partial charge in [0.25, 0.3) is 0 Å². The molecule has 0 aromatic heterocycles. The van der Waals surface area contributed by atoms with Crippen LogP contribution in [0.15, 0.2) is 0 Å². The molecule has 0 bridgehead atoms. The molecule has 0 radical (unpaired) electrons. The summed E-state index contributed by atoms with van der Waals surface area (Å²) in [5.41, 5.74) is 0. The highest BCUT2D eigenvalue weighted by molar-refractivity contribution is 7.85. The van der Waals surface area contributed by atoms with Crippen molar-refractivity contribution >= 4 is 16.0 Å². The topological polar surface area (TPSA) is 86.3 Å². The Labute approximate surface area is 199 Å². The van der Waals surface area contributed by atoms with Gasteiger partial charge in [-0.1, -0.05) is 135 Å². The quantitative estimate of drug-likeness (QED) is 0.111. The molecule has 0 fully saturated rings. The Bertz CT molecular complexity index is 508. The summed E-state index contributed by atoms with van der Waals surface area (Å²) in [4.78, 5) is 11.5. The van der Waals surface area contributed by atoms with E-state index in [1.165, 1.54) is 116 Å². The normalized spacial score (nSPS) is 11.7. The fourth-order valence-electron chi connectivity index (χ4n) is 4.12. The van der Waals surface area contributed by atoms with Gasteiger partial charge in [-0.15, -0.1) is 0 Å². The maximum atomic E-state index is 11.5. The number of unbranched alkanes of at least 4 members (excludes halogenated alkanes) is 20. The van der Waals surface area contributed by atoms with Crippen molar-refractivity contribution in [2.75, 3.05) is 12.3 Å². The Morgan fingerprint density at radius 1 is 0.594 bits per heavy atom. The minimum atomic E-state index is -4.24. The summed E-state index contributed by atoms with van der Waals surface area (Å²) < 4.78 is 31.4. The summed E-state index contributed by atoms with van der Waals surface area (Å²) in [5.74, 6) is -0.690. The lowest BCUT2D eigenvalue weighted by Gasteiger charge is -2.08. The molecular formula is C26H52NO4S-. The van der Waals surface area contributed by atoms with E-state index in [0.717, 1.165) is 19.3 Å². The average Bonchev–Trinajstić information content (AvgIpc) is 2.74. The molecule has 1 N–H and O–H groups in total. The third-order valence-electron chi connectivity index (χ3n) is 6.18. The van der Waals surface area contributed by atoms with E-state index < -0.39 is 15.9 Å². The van der Waals surface area contributed by atoms with Crippen LogP contribution in [0.2, 0.25) is 0 Å². The van der Waals surface area contributed by atoms with Crippen molar-refractivity contribution in [1.29, 1.82) is 0 Å². The van der Waals surface area contributed by atoms with E-state index in [-0.39, 0.29) is 12.5 Å². The second-order valence-corrected chi connectivity index (χ2v) is 11.0. The number of carbonyl (C=O) groups is 1. The van der Waals surface area contributed by atoms with E-state index in [0.29, 0.717) is 6.42 Å². The number of carbonyl (C=O) groups excluding carboxylic acids is 1. The van der Waals surface area contributed by atoms with Gasteiger partial charge in [0.05, 0.1) is 15.9 Å². The maximum absolute atomic E-state index is 11.5. The van der Waals surface area contributed by atoms with Crippen LogP contribution in [0.4, 0.5) is 0 Å². The number of amides is 1. The minimum absolute atomic E-state index is 0.0794. The second kappa shape index (κ2) is 23.5. The van der Waals surface area contributed by atoms with Gasteiger partial charge in [-0.3, -0.25) is 4.79 Å². The van der Waals surface area contributed by atoms with Crippen LogP contribution >= 0.6 is 0 Å². The molecule has 0 saturated carbocycles. The smallest absolute Gasteiger partial charge is 0.220 e. The molecule has 5 nitrogen and oxygen atoms in total. The summed E-state index contributed by atoms with van der Waals surface area (Å²) in [7, 11) is -4.24. The molecule has 0 spiro atoms. The highest BCUT2D eigenvalue weighted by atomic mass is 32.2. The zero-order chi connectivity index (χ0) is 23.8. The lowest BCUT2D eigenvalue weighted by Crippen LogP contribution is -2.28. The van der Waals surface area contributed by atoms with Crippen LogP contribution in [-0.4, -0.2) is 31.2 Å². The highest BCUT2D eigenvalue weighted by Gasteiger charge is 2.02. The maximum Gasteiger partial charge on any atom is 0.220 e. The zero-order valence-corrected chi connectivity index (χ0v) is 21.8. The van der Waals surface area contributed by atoms with Crippen molar-refractivity contribution in [2.24, 2.45) is 0 Å². The van der Waals surface area contributed by atoms with Crippen molar-refractivity contribution in [3.63, 3.8) is 0 Å². The van der Waals surface area contributed by atoms with Gasteiger partial charge >= 0.3 is 0 Å². The van der Waals surface area contributed by atoms with Crippen LogP contribution in [0.1, 0.15) is 148 Å². The van der Waals surface area contributed by atoms with Gasteiger partial charge in [0.2, 0.25) is 5.91 Å². The van der Waals surface area contributed by atoms with Crippen molar-refractivity contribution in [3.05, 3.63) is 0 Å². The first kappa shape index (κ1) is 31.4. The number of hydrogen-bond acceptors (Lipinski definition) is 4. The fraction of sp³-hybridized carbons (Fsp3) is 0.962. The Hall–Kier alpha value is -0.620. The summed E-state index contributed by atoms with van der Waals surface area (Å²) in [5, 5.41) is 2.48. The van der Waals surface area contributed by atoms with Crippen LogP contribution in [-0.2, 0) is 14.9 Å². The molecular weight excluding hydrogens is 422 g/mol. The summed E-state index contributed by atoms with van der Waals surface area (Å²) in [6.07, 6.45) is 28.4. The third kappa shape index (κ3) is 27.4. The number of nitrogens with one attached hydrogen (secondary N) is 1. The molecule has 0 saturated heterocycles. The lowest BCUT2D eigenvalue weighted by atomic mass is 10.0. The lowest BCUT2D eigenvalue weighted by molar-refractivity contribution is -0.121. The van der Waals surface area contributed by atoms with Crippen molar-refractivity contribution < 1.29 is 17.8 Å². The van der Waals surface area contributed by atoms with Crippen LogP contribution in [0.5, 0.6) is 0 Å². The molecule has 0 aromatic carbocycles. The van der Waals surface area contributed by atoms with Crippen molar-refractivity contribution in [3.8, 4) is 0 Å². The molecule has 0 heterocycles. The molecule has 0 atom stereocenters. The molecule has 6 heteroatoms. The predicted molar refractivity (Wildman–Crippen MR) is 135 cm³/mol. The van der Waals surface area contributed by atoms with E-state index in [9.17, 15) is 17.8 Å². The molecule has 32 heavy (non-hydrogen) atoms. The summed E-state index contributed by atoms with van der Waals surface area (Å²) >= 11 is 0. The third-order valence-corrected chi connectivity index (χ3v) is 6.89. The molecule has 192 valence electrons. The van der Waals surface area contributed by atoms with Gasteiger partial charge < -0.3 is 9.87 Å². The van der Waals surface area contributed by atoms with Crippen molar-refractivity contribution in [2.45, 2.75) is 148 Å². The monoisotopic (exact) mass is 474 g/mol. The van der Waals surface area contributed by atoms with Gasteiger partial charge in [0, 0.05) is 13.0 Å². The summed E-state index contributed by atoms with van der Waals surface area (Å²) in [6.45, 7) is 2.20. The SMILES string of the molecule is CCCCCCCCCCCCCCCCCCCCCCCC(=O)NCCS(=O)(=O)[O-]. The second-order valence-electron chi connectivity index (χ2n) is 9.43. The molecule has 1 amide bonds. The van der Waals surface area contributed by atoms with Gasteiger partial charge in [-0.05, 0) is 6.42 Å².